The Balaban J connectivity index is 0.00000144. The van der Waals surface area contributed by atoms with Gasteiger partial charge in [-0.05, 0) is 43.1 Å². The summed E-state index contributed by atoms with van der Waals surface area (Å²) in [5.74, 6) is -0.233. The van der Waals surface area contributed by atoms with Crippen molar-refractivity contribution in [3.05, 3.63) is 34.6 Å². The summed E-state index contributed by atoms with van der Waals surface area (Å²) in [4.78, 5) is 2.28. The Hall–Kier alpha value is -0.350. The molecule has 1 heterocycles. The van der Waals surface area contributed by atoms with Gasteiger partial charge >= 0.3 is 0 Å². The zero-order valence-corrected chi connectivity index (χ0v) is 11.1. The summed E-state index contributed by atoms with van der Waals surface area (Å²) >= 11 is 6.04. The summed E-state index contributed by atoms with van der Waals surface area (Å²) in [6.45, 7) is 2.38. The third-order valence-corrected chi connectivity index (χ3v) is 3.52. The number of rotatable bonds is 3. The largest absolute Gasteiger partial charge is 0.329 e. The molecule has 2 nitrogen and oxygen atoms in total. The average Bonchev–Trinajstić information content (AvgIpc) is 2.71. The summed E-state index contributed by atoms with van der Waals surface area (Å²) in [7, 11) is 0. The number of halogens is 3. The van der Waals surface area contributed by atoms with Gasteiger partial charge in [-0.2, -0.15) is 0 Å². The van der Waals surface area contributed by atoms with Gasteiger partial charge in [0.2, 0.25) is 0 Å². The maximum absolute atomic E-state index is 13.1. The lowest BCUT2D eigenvalue weighted by Gasteiger charge is -2.23. The van der Waals surface area contributed by atoms with Gasteiger partial charge in [0, 0.05) is 24.2 Å². The molecule has 1 unspecified atom stereocenters. The number of nitrogens with zero attached hydrogens (tertiary/aromatic N) is 1. The van der Waals surface area contributed by atoms with E-state index in [-0.39, 0.29) is 18.2 Å². The van der Waals surface area contributed by atoms with Crippen molar-refractivity contribution in [2.75, 3.05) is 13.1 Å². The molecule has 1 atom stereocenters. The van der Waals surface area contributed by atoms with Crippen molar-refractivity contribution in [2.45, 2.75) is 25.4 Å². The first-order valence-corrected chi connectivity index (χ1v) is 5.96. The monoisotopic (exact) mass is 278 g/mol. The van der Waals surface area contributed by atoms with Gasteiger partial charge in [-0.3, -0.25) is 4.90 Å². The summed E-state index contributed by atoms with van der Waals surface area (Å²) in [5, 5.41) is 0.629. The normalized spacial score (nSPS) is 20.3. The highest BCUT2D eigenvalue weighted by Gasteiger charge is 2.23. The Bertz CT molecular complexity index is 374. The zero-order chi connectivity index (χ0) is 11.5. The van der Waals surface area contributed by atoms with Crippen molar-refractivity contribution in [1.29, 1.82) is 0 Å². The molecule has 1 aromatic carbocycles. The first kappa shape index (κ1) is 14.7. The van der Waals surface area contributed by atoms with Crippen LogP contribution >= 0.6 is 24.0 Å². The molecule has 1 aliphatic heterocycles. The second-order valence-electron chi connectivity index (χ2n) is 4.24. The molecule has 2 rings (SSSR count). The summed E-state index contributed by atoms with van der Waals surface area (Å²) in [5.41, 5.74) is 6.55. The van der Waals surface area contributed by atoms with E-state index in [1.54, 1.807) is 6.07 Å². The van der Waals surface area contributed by atoms with E-state index in [1.807, 2.05) is 0 Å². The van der Waals surface area contributed by atoms with Crippen LogP contribution in [0.5, 0.6) is 0 Å². The number of hydrogen-bond acceptors (Lipinski definition) is 2. The van der Waals surface area contributed by atoms with Crippen LogP contribution in [0.3, 0.4) is 0 Å². The van der Waals surface area contributed by atoms with Gasteiger partial charge in [0.1, 0.15) is 5.82 Å². The molecule has 2 N–H and O–H groups in total. The molecular weight excluding hydrogens is 262 g/mol. The van der Waals surface area contributed by atoms with Crippen molar-refractivity contribution in [2.24, 2.45) is 5.73 Å². The topological polar surface area (TPSA) is 29.3 Å². The number of benzene rings is 1. The van der Waals surface area contributed by atoms with E-state index in [4.69, 9.17) is 17.3 Å². The Morgan fingerprint density at radius 3 is 2.94 bits per heavy atom. The van der Waals surface area contributed by atoms with E-state index < -0.39 is 0 Å². The van der Waals surface area contributed by atoms with Crippen molar-refractivity contribution in [3.63, 3.8) is 0 Å². The van der Waals surface area contributed by atoms with Crippen LogP contribution in [-0.2, 0) is 6.54 Å². The van der Waals surface area contributed by atoms with E-state index in [2.05, 4.69) is 4.90 Å². The van der Waals surface area contributed by atoms with Gasteiger partial charge in [-0.25, -0.2) is 4.39 Å². The van der Waals surface area contributed by atoms with Gasteiger partial charge in [0.25, 0.3) is 0 Å². The predicted octanol–water partition coefficient (Wildman–Crippen LogP) is 2.82. The maximum Gasteiger partial charge on any atom is 0.123 e. The summed E-state index contributed by atoms with van der Waals surface area (Å²) in [6.07, 6.45) is 2.29. The highest BCUT2D eigenvalue weighted by molar-refractivity contribution is 6.31. The Kier molecular flexibility index (Phi) is 5.67. The highest BCUT2D eigenvalue weighted by Crippen LogP contribution is 2.23. The van der Waals surface area contributed by atoms with Crippen LogP contribution in [0.15, 0.2) is 18.2 Å². The van der Waals surface area contributed by atoms with Crippen LogP contribution in [0.1, 0.15) is 18.4 Å². The fourth-order valence-corrected chi connectivity index (χ4v) is 2.43. The van der Waals surface area contributed by atoms with E-state index in [0.29, 0.717) is 24.2 Å². The quantitative estimate of drug-likeness (QED) is 0.921. The molecule has 0 aromatic heterocycles. The van der Waals surface area contributed by atoms with Crippen LogP contribution in [0.4, 0.5) is 4.39 Å². The molecule has 1 fully saturated rings. The van der Waals surface area contributed by atoms with Gasteiger partial charge in [-0.15, -0.1) is 12.4 Å². The lowest BCUT2D eigenvalue weighted by Crippen LogP contribution is -2.34. The minimum atomic E-state index is -0.233. The molecule has 1 aromatic rings. The van der Waals surface area contributed by atoms with Crippen molar-refractivity contribution in [1.82, 2.24) is 4.90 Å². The molecule has 1 saturated heterocycles. The van der Waals surface area contributed by atoms with Gasteiger partial charge in [0.15, 0.2) is 0 Å². The zero-order valence-electron chi connectivity index (χ0n) is 9.53. The van der Waals surface area contributed by atoms with E-state index in [9.17, 15) is 4.39 Å². The van der Waals surface area contributed by atoms with Crippen LogP contribution in [0.25, 0.3) is 0 Å². The fraction of sp³-hybridized carbons (Fsp3) is 0.500. The van der Waals surface area contributed by atoms with Crippen LogP contribution in [-0.4, -0.2) is 24.0 Å². The minimum absolute atomic E-state index is 0. The molecule has 96 valence electrons. The highest BCUT2D eigenvalue weighted by atomic mass is 35.5. The third kappa shape index (κ3) is 3.55. The number of nitrogens with two attached hydrogens (primary N) is 1. The van der Waals surface area contributed by atoms with Crippen LogP contribution in [0, 0.1) is 5.82 Å². The maximum atomic E-state index is 13.1. The molecule has 0 amide bonds. The molecule has 17 heavy (non-hydrogen) atoms. The number of hydrogen-bond donors (Lipinski definition) is 1. The second kappa shape index (κ2) is 6.55. The average molecular weight is 279 g/mol. The van der Waals surface area contributed by atoms with Gasteiger partial charge < -0.3 is 5.73 Å². The SMILES string of the molecule is Cl.NCC1CCCN1Cc1cc(F)ccc1Cl. The Morgan fingerprint density at radius 2 is 2.24 bits per heavy atom. The first-order valence-electron chi connectivity index (χ1n) is 5.58. The second-order valence-corrected chi connectivity index (χ2v) is 4.65. The van der Waals surface area contributed by atoms with E-state index >= 15 is 0 Å². The van der Waals surface area contributed by atoms with E-state index in [0.717, 1.165) is 24.9 Å². The molecule has 0 radical (unpaired) electrons. The lowest BCUT2D eigenvalue weighted by atomic mass is 10.2. The molecule has 5 heteroatoms. The van der Waals surface area contributed by atoms with Crippen molar-refractivity contribution in [3.8, 4) is 0 Å². The summed E-state index contributed by atoms with van der Waals surface area (Å²) < 4.78 is 13.1. The predicted molar refractivity (Wildman–Crippen MR) is 71.1 cm³/mol. The van der Waals surface area contributed by atoms with Crippen LogP contribution < -0.4 is 5.73 Å². The summed E-state index contributed by atoms with van der Waals surface area (Å²) in [6, 6.07) is 4.92. The fourth-order valence-electron chi connectivity index (χ4n) is 2.25. The Morgan fingerprint density at radius 1 is 1.47 bits per heavy atom. The Labute approximate surface area is 112 Å². The molecule has 0 bridgehead atoms. The van der Waals surface area contributed by atoms with Crippen molar-refractivity contribution >= 4 is 24.0 Å². The molecule has 0 spiro atoms. The third-order valence-electron chi connectivity index (χ3n) is 3.15. The van der Waals surface area contributed by atoms with Gasteiger partial charge in [-0.1, -0.05) is 11.6 Å². The standard InChI is InChI=1S/C12H16ClFN2.ClH/c13-12-4-3-10(14)6-9(12)8-16-5-1-2-11(16)7-15;/h3-4,6,11H,1-2,5,7-8,15H2;1H. The molecule has 0 aliphatic carbocycles. The molecule has 1 aliphatic rings. The smallest absolute Gasteiger partial charge is 0.123 e. The number of likely N-dealkylation sites (tertiary alicyclic amines) is 1. The van der Waals surface area contributed by atoms with E-state index in [1.165, 1.54) is 12.1 Å². The van der Waals surface area contributed by atoms with Crippen LogP contribution in [0.2, 0.25) is 5.02 Å². The lowest BCUT2D eigenvalue weighted by molar-refractivity contribution is 0.250. The van der Waals surface area contributed by atoms with Crippen molar-refractivity contribution < 1.29 is 4.39 Å². The van der Waals surface area contributed by atoms with Gasteiger partial charge in [0.05, 0.1) is 0 Å². The first-order chi connectivity index (χ1) is 7.70. The minimum Gasteiger partial charge on any atom is -0.329 e. The molecule has 0 saturated carbocycles. The molecular formula is C12H17Cl2FN2.